The average molecular weight is 748 g/mol. The number of hydrazine groups is 1. The van der Waals surface area contributed by atoms with E-state index in [0.717, 1.165) is 98.4 Å². The molecular weight excluding hydrogens is 707 g/mol. The molecule has 0 radical (unpaired) electrons. The van der Waals surface area contributed by atoms with Crippen LogP contribution in [0, 0.1) is 17.2 Å². The Bertz CT molecular complexity index is 1550. The predicted octanol–water partition coefficient (Wildman–Crippen LogP) is 7.83. The highest BCUT2D eigenvalue weighted by Gasteiger charge is 2.46. The molecule has 0 aliphatic carbocycles. The molecule has 49 heavy (non-hydrogen) atoms. The Morgan fingerprint density at radius 1 is 0.755 bits per heavy atom. The zero-order valence-corrected chi connectivity index (χ0v) is 31.9. The number of nitrogens with zero attached hydrogens (tertiary/aromatic N) is 3. The molecular formula is C34H41N3O8S4. The van der Waals surface area contributed by atoms with Crippen molar-refractivity contribution in [1.82, 2.24) is 10.0 Å². The zero-order chi connectivity index (χ0) is 35.8. The Morgan fingerprint density at radius 2 is 1.22 bits per heavy atom. The van der Waals surface area contributed by atoms with Crippen molar-refractivity contribution in [2.24, 2.45) is 5.92 Å². The van der Waals surface area contributed by atoms with Crippen LogP contribution >= 0.6 is 47.0 Å². The van der Waals surface area contributed by atoms with Crippen molar-refractivity contribution in [3.63, 3.8) is 0 Å². The Balaban J connectivity index is 1.78. The van der Waals surface area contributed by atoms with E-state index in [-0.39, 0.29) is 35.2 Å². The van der Waals surface area contributed by atoms with Gasteiger partial charge in [-0.25, -0.2) is 14.8 Å². The van der Waals surface area contributed by atoms with E-state index in [9.17, 15) is 29.2 Å². The normalized spacial score (nSPS) is 15.7. The van der Waals surface area contributed by atoms with E-state index < -0.39 is 29.7 Å². The molecule has 264 valence electrons. The molecule has 1 unspecified atom stereocenters. The summed E-state index contributed by atoms with van der Waals surface area (Å²) in [4.78, 5) is 67.1. The molecule has 1 atom stereocenters. The van der Waals surface area contributed by atoms with Crippen LogP contribution in [0.1, 0.15) is 92.9 Å². The monoisotopic (exact) mass is 747 g/mol. The van der Waals surface area contributed by atoms with Gasteiger partial charge in [0, 0.05) is 26.9 Å². The summed E-state index contributed by atoms with van der Waals surface area (Å²) in [6, 6.07) is 1.98. The summed E-state index contributed by atoms with van der Waals surface area (Å²) >= 11 is 4.27. The number of rotatable bonds is 15. The lowest BCUT2D eigenvalue weighted by molar-refractivity contribution is -0.147. The summed E-state index contributed by atoms with van der Waals surface area (Å²) in [7, 11) is 0. The summed E-state index contributed by atoms with van der Waals surface area (Å²) in [5, 5.41) is 13.1. The Labute approximate surface area is 304 Å². The maximum atomic E-state index is 13.8. The van der Waals surface area contributed by atoms with Gasteiger partial charge in [0.25, 0.3) is 11.8 Å². The Morgan fingerprint density at radius 3 is 1.63 bits per heavy atom. The lowest BCUT2D eigenvalue weighted by Gasteiger charge is -2.27. The Kier molecular flexibility index (Phi) is 14.0. The molecule has 0 aromatic heterocycles. The first-order valence-corrected chi connectivity index (χ1v) is 19.8. The predicted molar refractivity (Wildman–Crippen MR) is 190 cm³/mol. The molecule has 0 spiro atoms. The molecule has 1 aromatic carbocycles. The molecule has 3 aliphatic heterocycles. The highest BCUT2D eigenvalue weighted by molar-refractivity contribution is 8.26. The first-order chi connectivity index (χ1) is 23.5. The van der Waals surface area contributed by atoms with E-state index in [0.29, 0.717) is 41.1 Å². The molecule has 2 amide bonds. The fourth-order valence-electron chi connectivity index (χ4n) is 5.22. The summed E-state index contributed by atoms with van der Waals surface area (Å²) in [6.45, 7) is 11.6. The lowest BCUT2D eigenvalue weighted by Crippen LogP contribution is -2.42. The number of hydrogen-bond donors (Lipinski definition) is 0. The van der Waals surface area contributed by atoms with Gasteiger partial charge in [-0.2, -0.15) is 5.26 Å². The van der Waals surface area contributed by atoms with E-state index in [1.807, 2.05) is 26.8 Å². The van der Waals surface area contributed by atoms with E-state index in [1.54, 1.807) is 0 Å². The maximum Gasteiger partial charge on any atom is 0.350 e. The van der Waals surface area contributed by atoms with Gasteiger partial charge < -0.3 is 14.2 Å². The van der Waals surface area contributed by atoms with Gasteiger partial charge in [-0.05, 0) is 25.2 Å². The third kappa shape index (κ3) is 8.64. The van der Waals surface area contributed by atoms with Gasteiger partial charge in [0.15, 0.2) is 17.1 Å². The van der Waals surface area contributed by atoms with Crippen molar-refractivity contribution in [1.29, 1.82) is 5.26 Å². The summed E-state index contributed by atoms with van der Waals surface area (Å²) < 4.78 is 17.7. The minimum atomic E-state index is -0.759. The molecule has 4 rings (SSSR count). The highest BCUT2D eigenvalue weighted by Crippen LogP contribution is 2.68. The van der Waals surface area contributed by atoms with Crippen molar-refractivity contribution in [3.8, 4) is 17.6 Å². The average Bonchev–Trinajstić information content (AvgIpc) is 3.75. The summed E-state index contributed by atoms with van der Waals surface area (Å²) in [6.07, 6.45) is 6.93. The van der Waals surface area contributed by atoms with Crippen molar-refractivity contribution in [2.75, 3.05) is 19.7 Å². The fraction of sp³-hybridized carbons (Fsp3) is 0.529. The van der Waals surface area contributed by atoms with E-state index >= 15 is 0 Å². The number of carbonyl (C=O) groups excluding carboxylic acids is 5. The van der Waals surface area contributed by atoms with Gasteiger partial charge in [-0.15, -0.1) is 0 Å². The van der Waals surface area contributed by atoms with Gasteiger partial charge in [0.05, 0.1) is 34.7 Å². The number of fused-ring (bicyclic) bond motifs is 2. The Hall–Kier alpha value is -3.06. The van der Waals surface area contributed by atoms with Crippen LogP contribution in [0.25, 0.3) is 0 Å². The minimum absolute atomic E-state index is 0.0147. The number of ether oxygens (including phenoxy) is 3. The molecule has 3 aliphatic rings. The first kappa shape index (κ1) is 38.7. The van der Waals surface area contributed by atoms with Crippen molar-refractivity contribution < 1.29 is 38.2 Å². The number of benzene rings is 1. The smallest absolute Gasteiger partial charge is 0.350 e. The molecule has 0 N–H and O–H groups in total. The minimum Gasteiger partial charge on any atom is -0.461 e. The second-order valence-corrected chi connectivity index (χ2v) is 16.2. The van der Waals surface area contributed by atoms with Gasteiger partial charge in [0.2, 0.25) is 0 Å². The quantitative estimate of drug-likeness (QED) is 0.0566. The van der Waals surface area contributed by atoms with Crippen LogP contribution in [0.15, 0.2) is 39.2 Å². The number of thioether (sulfide) groups is 4. The number of unbranched alkanes of at least 4 members (excludes halogenated alkanes) is 3. The number of carbonyl (C=O) groups is 5. The van der Waals surface area contributed by atoms with Gasteiger partial charge in [-0.3, -0.25) is 19.2 Å². The van der Waals surface area contributed by atoms with Gasteiger partial charge in [-0.1, -0.05) is 107 Å². The summed E-state index contributed by atoms with van der Waals surface area (Å²) in [5.41, 5.74) is -0.190. The van der Waals surface area contributed by atoms with Crippen LogP contribution in [-0.2, 0) is 28.7 Å². The van der Waals surface area contributed by atoms with Crippen LogP contribution in [-0.4, -0.2) is 59.4 Å². The van der Waals surface area contributed by atoms with Crippen molar-refractivity contribution in [3.05, 3.63) is 19.6 Å². The topological polar surface area (TPSA) is 143 Å². The van der Waals surface area contributed by atoms with Gasteiger partial charge >= 0.3 is 17.9 Å². The standard InChI is InChI=1S/C34H41N3O8S4/c1-7-11-14-21(10-4)18-43-32(42)22(17-35)33-46-26-24(44-19(5)38)28-29(25(27(26)47-33)45-20(6)39)49-34(48-28)23-30(40)36(15-12-8-2)37(31(23)41)16-13-9-3/h21H,7-16,18H2,1-6H3. The van der Waals surface area contributed by atoms with Crippen LogP contribution in [0.5, 0.6) is 11.5 Å². The molecule has 15 heteroatoms. The molecule has 1 aromatic rings. The SMILES string of the molecule is CCCCC(CC)COC(=O)C(C#N)=C1Sc2c(OC(C)=O)c3c(c(OC(C)=O)c2S1)SC(=C1C(=O)N(CCCC)N(CCCC)C1=O)S3. The zero-order valence-electron chi connectivity index (χ0n) is 28.6. The van der Waals surface area contributed by atoms with E-state index in [2.05, 4.69) is 6.92 Å². The molecule has 0 saturated carbocycles. The fourth-order valence-corrected chi connectivity index (χ4v) is 10.6. The highest BCUT2D eigenvalue weighted by atomic mass is 32.2. The second kappa shape index (κ2) is 17.7. The van der Waals surface area contributed by atoms with Crippen LogP contribution in [0.3, 0.4) is 0 Å². The van der Waals surface area contributed by atoms with Gasteiger partial charge in [0.1, 0.15) is 11.6 Å². The molecule has 3 heterocycles. The second-order valence-electron chi connectivity index (χ2n) is 11.6. The number of hydrogen-bond acceptors (Lipinski definition) is 13. The van der Waals surface area contributed by atoms with E-state index in [1.165, 1.54) is 23.9 Å². The maximum absolute atomic E-state index is 13.8. The molecule has 11 nitrogen and oxygen atoms in total. The molecule has 1 saturated heterocycles. The first-order valence-electron chi connectivity index (χ1n) is 16.5. The molecule has 1 fully saturated rings. The lowest BCUT2D eigenvalue weighted by atomic mass is 10.0. The number of esters is 3. The number of nitriles is 1. The third-order valence-corrected chi connectivity index (χ3v) is 13.1. The van der Waals surface area contributed by atoms with E-state index in [4.69, 9.17) is 14.2 Å². The number of amides is 2. The van der Waals surface area contributed by atoms with Crippen LogP contribution in [0.2, 0.25) is 0 Å². The summed E-state index contributed by atoms with van der Waals surface area (Å²) in [5.74, 6) is -2.37. The molecule has 0 bridgehead atoms. The van der Waals surface area contributed by atoms with Crippen molar-refractivity contribution >= 4 is 76.8 Å². The largest absolute Gasteiger partial charge is 0.461 e. The van der Waals surface area contributed by atoms with Crippen LogP contribution < -0.4 is 9.47 Å². The van der Waals surface area contributed by atoms with Crippen molar-refractivity contribution in [2.45, 2.75) is 112 Å². The third-order valence-electron chi connectivity index (χ3n) is 7.86. The van der Waals surface area contributed by atoms with Crippen LogP contribution in [0.4, 0.5) is 0 Å².